The first kappa shape index (κ1) is 17.1. The predicted molar refractivity (Wildman–Crippen MR) is 88.9 cm³/mol. The molecule has 1 aliphatic rings. The maximum absolute atomic E-state index is 13.7. The number of carbonyl (C=O) groups excluding carboxylic acids is 1. The minimum Gasteiger partial charge on any atom is -0.481 e. The number of rotatable bonds is 5. The minimum atomic E-state index is -1.06. The normalized spacial score (nSPS) is 19.6. The molecule has 1 aliphatic heterocycles. The Labute approximate surface area is 144 Å². The van der Waals surface area contributed by atoms with Crippen molar-refractivity contribution >= 4 is 11.9 Å². The van der Waals surface area contributed by atoms with Crippen LogP contribution in [-0.2, 0) is 9.53 Å². The molecule has 0 spiro atoms. The maximum atomic E-state index is 13.7. The summed E-state index contributed by atoms with van der Waals surface area (Å²) in [6.45, 7) is 0.473. The van der Waals surface area contributed by atoms with Crippen LogP contribution in [-0.4, -0.2) is 42.1 Å². The standard InChI is InChI=1S/C19H18FNO4/c1-25-10-9-21-17(12-5-4-6-13(20)11-12)16(19(23)24)14-7-2-3-8-15(14)18(21)22/h2-8,11,16-17H,9-10H2,1H3,(H,23,24). The van der Waals surface area contributed by atoms with E-state index >= 15 is 0 Å². The summed E-state index contributed by atoms with van der Waals surface area (Å²) in [4.78, 5) is 26.4. The summed E-state index contributed by atoms with van der Waals surface area (Å²) in [5.74, 6) is -2.79. The van der Waals surface area contributed by atoms with Gasteiger partial charge in [0.15, 0.2) is 0 Å². The molecule has 1 amide bonds. The molecule has 2 aromatic carbocycles. The number of nitrogens with zero attached hydrogens (tertiary/aromatic N) is 1. The number of carboxylic acids is 1. The molecule has 130 valence electrons. The van der Waals surface area contributed by atoms with Gasteiger partial charge in [-0.05, 0) is 29.3 Å². The van der Waals surface area contributed by atoms with Gasteiger partial charge in [-0.25, -0.2) is 4.39 Å². The van der Waals surface area contributed by atoms with Crippen molar-refractivity contribution in [1.29, 1.82) is 0 Å². The zero-order valence-corrected chi connectivity index (χ0v) is 13.7. The van der Waals surface area contributed by atoms with Gasteiger partial charge in [-0.15, -0.1) is 0 Å². The fourth-order valence-corrected chi connectivity index (χ4v) is 3.36. The lowest BCUT2D eigenvalue weighted by Crippen LogP contribution is -2.46. The van der Waals surface area contributed by atoms with Crippen LogP contribution in [0.4, 0.5) is 4.39 Å². The second-order valence-electron chi connectivity index (χ2n) is 5.89. The van der Waals surface area contributed by atoms with Gasteiger partial charge in [0.25, 0.3) is 5.91 Å². The monoisotopic (exact) mass is 343 g/mol. The van der Waals surface area contributed by atoms with E-state index in [9.17, 15) is 19.1 Å². The zero-order chi connectivity index (χ0) is 18.0. The summed E-state index contributed by atoms with van der Waals surface area (Å²) >= 11 is 0. The highest BCUT2D eigenvalue weighted by Gasteiger charge is 2.44. The molecule has 2 unspecified atom stereocenters. The molecule has 1 heterocycles. The van der Waals surface area contributed by atoms with Crippen molar-refractivity contribution < 1.29 is 23.8 Å². The number of amides is 1. The Morgan fingerprint density at radius 1 is 1.24 bits per heavy atom. The quantitative estimate of drug-likeness (QED) is 0.906. The zero-order valence-electron chi connectivity index (χ0n) is 13.7. The summed E-state index contributed by atoms with van der Waals surface area (Å²) in [6, 6.07) is 11.6. The molecule has 25 heavy (non-hydrogen) atoms. The maximum Gasteiger partial charge on any atom is 0.313 e. The molecule has 0 saturated heterocycles. The lowest BCUT2D eigenvalue weighted by atomic mass is 9.79. The van der Waals surface area contributed by atoms with Gasteiger partial charge in [-0.2, -0.15) is 0 Å². The average molecular weight is 343 g/mol. The Bertz CT molecular complexity index is 808. The SMILES string of the molecule is COCCN1C(=O)c2ccccc2C(C(=O)O)C1c1cccc(F)c1. The van der Waals surface area contributed by atoms with Gasteiger partial charge in [-0.3, -0.25) is 9.59 Å². The third kappa shape index (κ3) is 3.13. The molecule has 3 rings (SSSR count). The highest BCUT2D eigenvalue weighted by Crippen LogP contribution is 2.42. The van der Waals surface area contributed by atoms with Crippen molar-refractivity contribution in [2.24, 2.45) is 0 Å². The van der Waals surface area contributed by atoms with E-state index in [0.29, 0.717) is 16.7 Å². The van der Waals surface area contributed by atoms with Crippen LogP contribution in [0.15, 0.2) is 48.5 Å². The molecule has 0 aromatic heterocycles. The van der Waals surface area contributed by atoms with E-state index in [2.05, 4.69) is 0 Å². The highest BCUT2D eigenvalue weighted by atomic mass is 19.1. The van der Waals surface area contributed by atoms with Crippen LogP contribution in [0.2, 0.25) is 0 Å². The molecule has 0 saturated carbocycles. The smallest absolute Gasteiger partial charge is 0.313 e. The summed E-state index contributed by atoms with van der Waals surface area (Å²) in [6.07, 6.45) is 0. The number of hydrogen-bond donors (Lipinski definition) is 1. The molecule has 0 aliphatic carbocycles. The molecule has 2 atom stereocenters. The number of carbonyl (C=O) groups is 2. The van der Waals surface area contributed by atoms with Crippen LogP contribution in [0, 0.1) is 5.82 Å². The van der Waals surface area contributed by atoms with Crippen LogP contribution < -0.4 is 0 Å². The van der Waals surface area contributed by atoms with Crippen LogP contribution in [0.3, 0.4) is 0 Å². The third-order valence-electron chi connectivity index (χ3n) is 4.43. The van der Waals surface area contributed by atoms with E-state index < -0.39 is 23.7 Å². The Balaban J connectivity index is 2.18. The van der Waals surface area contributed by atoms with E-state index in [-0.39, 0.29) is 19.1 Å². The van der Waals surface area contributed by atoms with Crippen molar-refractivity contribution in [3.63, 3.8) is 0 Å². The van der Waals surface area contributed by atoms with Gasteiger partial charge in [0.05, 0.1) is 12.6 Å². The van der Waals surface area contributed by atoms with E-state index in [1.807, 2.05) is 0 Å². The van der Waals surface area contributed by atoms with Crippen molar-refractivity contribution in [3.8, 4) is 0 Å². The van der Waals surface area contributed by atoms with Crippen molar-refractivity contribution in [2.75, 3.05) is 20.3 Å². The Hall–Kier alpha value is -2.73. The molecule has 6 heteroatoms. The minimum absolute atomic E-state index is 0.217. The first-order chi connectivity index (χ1) is 12.0. The van der Waals surface area contributed by atoms with Gasteiger partial charge in [0.2, 0.25) is 0 Å². The van der Waals surface area contributed by atoms with Gasteiger partial charge in [-0.1, -0.05) is 30.3 Å². The Morgan fingerprint density at radius 2 is 2.00 bits per heavy atom. The summed E-state index contributed by atoms with van der Waals surface area (Å²) in [5.41, 5.74) is 1.26. The van der Waals surface area contributed by atoms with Crippen LogP contribution in [0.5, 0.6) is 0 Å². The Kier molecular flexibility index (Phi) is 4.81. The van der Waals surface area contributed by atoms with Gasteiger partial charge in [0, 0.05) is 19.2 Å². The molecule has 2 aromatic rings. The second-order valence-corrected chi connectivity index (χ2v) is 5.89. The Morgan fingerprint density at radius 3 is 2.68 bits per heavy atom. The number of fused-ring (bicyclic) bond motifs is 1. The summed E-state index contributed by atoms with van der Waals surface area (Å²) in [5, 5.41) is 9.85. The van der Waals surface area contributed by atoms with Crippen LogP contribution in [0.1, 0.15) is 33.4 Å². The van der Waals surface area contributed by atoms with Crippen LogP contribution in [0.25, 0.3) is 0 Å². The largest absolute Gasteiger partial charge is 0.481 e. The molecule has 1 N–H and O–H groups in total. The number of benzene rings is 2. The molecule has 0 fully saturated rings. The number of hydrogen-bond acceptors (Lipinski definition) is 3. The fraction of sp³-hybridized carbons (Fsp3) is 0.263. The summed E-state index contributed by atoms with van der Waals surface area (Å²) < 4.78 is 18.8. The predicted octanol–water partition coefficient (Wildman–Crippen LogP) is 2.84. The number of aliphatic carboxylic acids is 1. The van der Waals surface area contributed by atoms with E-state index in [4.69, 9.17) is 4.74 Å². The van der Waals surface area contributed by atoms with Gasteiger partial charge < -0.3 is 14.7 Å². The number of carboxylic acid groups (broad SMARTS) is 1. The number of methoxy groups -OCH3 is 1. The van der Waals surface area contributed by atoms with Crippen molar-refractivity contribution in [3.05, 3.63) is 71.0 Å². The van der Waals surface area contributed by atoms with E-state index in [0.717, 1.165) is 0 Å². The summed E-state index contributed by atoms with van der Waals surface area (Å²) in [7, 11) is 1.51. The average Bonchev–Trinajstić information content (AvgIpc) is 2.60. The molecular weight excluding hydrogens is 325 g/mol. The first-order valence-corrected chi connectivity index (χ1v) is 7.91. The van der Waals surface area contributed by atoms with Crippen LogP contribution >= 0.6 is 0 Å². The highest BCUT2D eigenvalue weighted by molar-refractivity contribution is 6.00. The van der Waals surface area contributed by atoms with E-state index in [1.165, 1.54) is 30.2 Å². The lowest BCUT2D eigenvalue weighted by Gasteiger charge is -2.40. The third-order valence-corrected chi connectivity index (χ3v) is 4.43. The van der Waals surface area contributed by atoms with E-state index in [1.54, 1.807) is 30.3 Å². The fourth-order valence-electron chi connectivity index (χ4n) is 3.36. The van der Waals surface area contributed by atoms with Crippen molar-refractivity contribution in [2.45, 2.75) is 12.0 Å². The van der Waals surface area contributed by atoms with Gasteiger partial charge in [0.1, 0.15) is 11.7 Å². The second kappa shape index (κ2) is 7.03. The topological polar surface area (TPSA) is 66.8 Å². The van der Waals surface area contributed by atoms with Crippen molar-refractivity contribution in [1.82, 2.24) is 4.90 Å². The molecule has 0 radical (unpaired) electrons. The van der Waals surface area contributed by atoms with Gasteiger partial charge >= 0.3 is 5.97 Å². The number of ether oxygens (including phenoxy) is 1. The first-order valence-electron chi connectivity index (χ1n) is 7.91. The molecule has 5 nitrogen and oxygen atoms in total. The molecule has 0 bridgehead atoms. The lowest BCUT2D eigenvalue weighted by molar-refractivity contribution is -0.140. The number of halogens is 1. The molecular formula is C19H18FNO4.